The number of hydrogen-bond acceptors (Lipinski definition) is 10. The molecule has 8 aromatic carbocycles. The van der Waals surface area contributed by atoms with E-state index in [2.05, 4.69) is 279 Å². The standard InChI is InChI=1S/2C32H34N2O.C14H13N3.C13H11N3.2Pt/c2*1-20-15-16-27(30(35)33-20)26-13-10-12-25-24-11-8-9-14-28(24)34(29(25)26)23-18-21(31(2,3)4)17-22(19-23)32(5,6)7;1-11-8-13-14(15-9-11)17(10-16(13)2)12-6-4-3-5-7-12;1-15-10-16(11-6-3-2-4-7-11)13-12(15)8-5-9-14-13;;/h2*8-19H,1-7H3,(H,33,35);3-6,8-10H,1-2H3;2-6,8-10H,1H3;;/q;;2*-2;2*+2. The molecule has 8 heterocycles. The summed E-state index contributed by atoms with van der Waals surface area (Å²) in [5.74, 6) is 2.04. The summed E-state index contributed by atoms with van der Waals surface area (Å²) in [5.41, 5.74) is 22.5. The quantitative estimate of drug-likeness (QED) is 0.156. The number of aryl methyl sites for hydroxylation is 3. The van der Waals surface area contributed by atoms with Gasteiger partial charge in [-0.05, 0) is 163 Å². The Morgan fingerprint density at radius 1 is 0.381 bits per heavy atom. The van der Waals surface area contributed by atoms with Crippen LogP contribution in [0.1, 0.15) is 122 Å². The zero-order chi connectivity index (χ0) is 73.0. The number of para-hydroxylation sites is 6. The van der Waals surface area contributed by atoms with Crippen molar-refractivity contribution in [2.75, 3.05) is 33.7 Å². The molecule has 6 aromatic heterocycles. The molecule has 2 aliphatic rings. The van der Waals surface area contributed by atoms with Crippen LogP contribution in [-0.2, 0) is 63.8 Å². The van der Waals surface area contributed by atoms with Gasteiger partial charge in [0, 0.05) is 90.3 Å². The summed E-state index contributed by atoms with van der Waals surface area (Å²) in [4.78, 5) is 25.8. The Labute approximate surface area is 648 Å². The molecular weight excluding hydrogens is 1660 g/mol. The number of aromatic hydroxyl groups is 2. The molecular formula is C91H92N10O2Pt2. The van der Waals surface area contributed by atoms with Crippen molar-refractivity contribution in [3.8, 4) is 45.4 Å². The molecule has 0 aliphatic carbocycles. The Balaban J connectivity index is 0.000000147. The maximum absolute atomic E-state index is 10.8. The van der Waals surface area contributed by atoms with E-state index in [0.717, 1.165) is 112 Å². The molecule has 538 valence electrons. The van der Waals surface area contributed by atoms with Crippen LogP contribution in [-0.4, -0.2) is 53.4 Å². The third kappa shape index (κ3) is 15.6. The van der Waals surface area contributed by atoms with Gasteiger partial charge in [0.05, 0.1) is 22.1 Å². The first kappa shape index (κ1) is 76.3. The maximum Gasteiger partial charge on any atom is 2.00 e. The van der Waals surface area contributed by atoms with Gasteiger partial charge in [-0.25, -0.2) is 19.9 Å². The van der Waals surface area contributed by atoms with Gasteiger partial charge < -0.3 is 38.9 Å². The van der Waals surface area contributed by atoms with Gasteiger partial charge in [-0.3, -0.25) is 0 Å². The Morgan fingerprint density at radius 2 is 0.771 bits per heavy atom. The van der Waals surface area contributed by atoms with Crippen LogP contribution in [0.2, 0.25) is 0 Å². The molecule has 14 aromatic rings. The van der Waals surface area contributed by atoms with Crippen LogP contribution in [0.3, 0.4) is 0 Å². The Hall–Kier alpha value is -9.86. The number of nitrogens with zero attached hydrogens (tertiary/aromatic N) is 10. The smallest absolute Gasteiger partial charge is 0.502 e. The molecule has 0 radical (unpaired) electrons. The van der Waals surface area contributed by atoms with Gasteiger partial charge in [-0.15, -0.1) is 11.4 Å². The van der Waals surface area contributed by atoms with Crippen molar-refractivity contribution in [2.24, 2.45) is 0 Å². The normalized spacial score (nSPS) is 12.8. The summed E-state index contributed by atoms with van der Waals surface area (Å²) >= 11 is 0. The fourth-order valence-electron chi connectivity index (χ4n) is 13.6. The Morgan fingerprint density at radius 3 is 1.17 bits per heavy atom. The van der Waals surface area contributed by atoms with E-state index in [-0.39, 0.29) is 75.6 Å². The fourth-order valence-corrected chi connectivity index (χ4v) is 13.6. The molecule has 0 atom stereocenters. The average Bonchev–Trinajstić information content (AvgIpc) is 1.59. The molecule has 2 N–H and O–H groups in total. The monoisotopic (exact) mass is 1750 g/mol. The van der Waals surface area contributed by atoms with Crippen LogP contribution in [0.5, 0.6) is 11.8 Å². The summed E-state index contributed by atoms with van der Waals surface area (Å²) < 4.78 is 4.73. The van der Waals surface area contributed by atoms with Crippen molar-refractivity contribution in [2.45, 2.75) is 126 Å². The van der Waals surface area contributed by atoms with E-state index < -0.39 is 0 Å². The summed E-state index contributed by atoms with van der Waals surface area (Å²) in [5, 5.41) is 26.4. The second-order valence-corrected chi connectivity index (χ2v) is 31.2. The Bertz CT molecular complexity index is 5160. The molecule has 0 saturated carbocycles. The van der Waals surface area contributed by atoms with E-state index in [4.69, 9.17) is 0 Å². The largest absolute Gasteiger partial charge is 2.00 e. The van der Waals surface area contributed by atoms with Gasteiger partial charge in [-0.1, -0.05) is 168 Å². The SMILES string of the molecule is CN1[CH-]N(c2[c-]cccc2)c2ncccc21.Cc1ccc(-c2cccc3c4ccccc4n(-c4cc(C(C)(C)C)cc(C(C)(C)C)c4)c23)c(O)n1.Cc1ccc(-c2cccc3c4ccccc4n(-c4cc(C(C)(C)C)cc(C(C)(C)C)c4)c23)c(O)n1.Cc1cnc2c(c1)N(C)[CH-]N2c1[c-]cccc1.[Pt+2].[Pt+2]. The van der Waals surface area contributed by atoms with Crippen molar-refractivity contribution >= 4 is 78.0 Å². The van der Waals surface area contributed by atoms with Gasteiger partial charge >= 0.3 is 42.1 Å². The fraction of sp³-hybridized carbons (Fsp3) is 0.231. The summed E-state index contributed by atoms with van der Waals surface area (Å²) in [7, 11) is 4.05. The minimum absolute atomic E-state index is 0. The van der Waals surface area contributed by atoms with Gasteiger partial charge in [0.1, 0.15) is 11.6 Å². The number of benzene rings is 8. The van der Waals surface area contributed by atoms with Crippen LogP contribution in [0, 0.1) is 46.2 Å². The van der Waals surface area contributed by atoms with Crippen LogP contribution in [0.15, 0.2) is 225 Å². The van der Waals surface area contributed by atoms with E-state index >= 15 is 0 Å². The van der Waals surface area contributed by atoms with Crippen molar-refractivity contribution in [3.63, 3.8) is 0 Å². The molecule has 16 rings (SSSR count). The predicted molar refractivity (Wildman–Crippen MR) is 429 cm³/mol. The number of hydrogen-bond donors (Lipinski definition) is 2. The van der Waals surface area contributed by atoms with Crippen molar-refractivity contribution in [1.29, 1.82) is 0 Å². The molecule has 0 amide bonds. The van der Waals surface area contributed by atoms with E-state index in [0.29, 0.717) is 0 Å². The molecule has 0 bridgehead atoms. The number of anilines is 6. The molecule has 2 aliphatic heterocycles. The maximum atomic E-state index is 10.8. The van der Waals surface area contributed by atoms with Crippen LogP contribution in [0.4, 0.5) is 34.4 Å². The molecule has 0 saturated heterocycles. The Kier molecular flexibility index (Phi) is 22.0. The first-order valence-electron chi connectivity index (χ1n) is 35.3. The molecule has 14 heteroatoms. The predicted octanol–water partition coefficient (Wildman–Crippen LogP) is 22.4. The van der Waals surface area contributed by atoms with Crippen LogP contribution in [0.25, 0.3) is 77.2 Å². The van der Waals surface area contributed by atoms with E-state index in [1.807, 2.05) is 137 Å². The van der Waals surface area contributed by atoms with Gasteiger partial charge in [-0.2, -0.15) is 74.0 Å². The van der Waals surface area contributed by atoms with Crippen LogP contribution >= 0.6 is 0 Å². The molecule has 105 heavy (non-hydrogen) atoms. The summed E-state index contributed by atoms with van der Waals surface area (Å²) in [6.07, 6.45) is 3.70. The number of rotatable bonds is 6. The van der Waals surface area contributed by atoms with Crippen molar-refractivity contribution in [1.82, 2.24) is 29.1 Å². The summed E-state index contributed by atoms with van der Waals surface area (Å²) in [6, 6.07) is 80.0. The first-order valence-corrected chi connectivity index (χ1v) is 35.3. The van der Waals surface area contributed by atoms with Crippen molar-refractivity contribution < 1.29 is 52.3 Å². The first-order chi connectivity index (χ1) is 49.0. The minimum Gasteiger partial charge on any atom is -0.502 e. The molecule has 0 unspecified atom stereocenters. The zero-order valence-corrected chi connectivity index (χ0v) is 67.6. The van der Waals surface area contributed by atoms with Gasteiger partial charge in [0.15, 0.2) is 0 Å². The van der Waals surface area contributed by atoms with E-state index in [1.54, 1.807) is 0 Å². The number of aromatic nitrogens is 6. The molecule has 0 fully saturated rings. The second-order valence-electron chi connectivity index (χ2n) is 31.2. The average molecular weight is 1750 g/mol. The van der Waals surface area contributed by atoms with E-state index in [9.17, 15) is 10.2 Å². The van der Waals surface area contributed by atoms with E-state index in [1.165, 1.54) is 38.6 Å². The van der Waals surface area contributed by atoms with Crippen molar-refractivity contribution in [3.05, 3.63) is 289 Å². The van der Waals surface area contributed by atoms with Gasteiger partial charge in [0.2, 0.25) is 11.8 Å². The third-order valence-corrected chi connectivity index (χ3v) is 19.3. The molecule has 12 nitrogen and oxygen atoms in total. The third-order valence-electron chi connectivity index (χ3n) is 19.3. The molecule has 0 spiro atoms. The summed E-state index contributed by atoms with van der Waals surface area (Å²) in [6.45, 7) is 37.1. The zero-order valence-electron chi connectivity index (χ0n) is 63.0. The number of fused-ring (bicyclic) bond motifs is 8. The minimum atomic E-state index is 0. The van der Waals surface area contributed by atoms with Gasteiger partial charge in [0.25, 0.3) is 0 Å². The van der Waals surface area contributed by atoms with Crippen LogP contribution < -0.4 is 19.6 Å². The topological polar surface area (TPSA) is 115 Å². The number of pyridine rings is 4. The second kappa shape index (κ2) is 30.3.